The number of β-lactam (4-membered cyclic amide) rings is 1. The predicted octanol–water partition coefficient (Wildman–Crippen LogP) is 7.15. The first-order valence-electron chi connectivity index (χ1n) is 15.6. The number of aromatic nitrogens is 1. The number of ether oxygens (including phenoxy) is 3. The van der Waals surface area contributed by atoms with Crippen LogP contribution in [0.25, 0.3) is 0 Å². The van der Waals surface area contributed by atoms with Gasteiger partial charge in [-0.2, -0.15) is 0 Å². The van der Waals surface area contributed by atoms with Gasteiger partial charge in [-0.25, -0.2) is 14.6 Å². The van der Waals surface area contributed by atoms with Crippen LogP contribution in [0, 0.1) is 5.92 Å². The van der Waals surface area contributed by atoms with E-state index in [-0.39, 0.29) is 24.1 Å². The molecule has 1 unspecified atom stereocenters. The monoisotopic (exact) mass is 645 g/mol. The molecule has 4 rings (SSSR count). The summed E-state index contributed by atoms with van der Waals surface area (Å²) in [6.45, 7) is 16.4. The summed E-state index contributed by atoms with van der Waals surface area (Å²) in [4.78, 5) is 47.0. The quantitative estimate of drug-likeness (QED) is 0.131. The number of carbonyl (C=O) groups is 3. The number of hydrogen-bond donors (Lipinski definition) is 0. The molecule has 10 heteroatoms. The number of rotatable bonds is 10. The fourth-order valence-electron chi connectivity index (χ4n) is 5.27. The molecule has 1 fully saturated rings. The van der Waals surface area contributed by atoms with Crippen molar-refractivity contribution in [1.82, 2.24) is 9.55 Å². The first kappa shape index (κ1) is 34.7. The molecule has 2 atom stereocenters. The molecule has 1 saturated heterocycles. The molecule has 2 heterocycles. The highest BCUT2D eigenvalue weighted by Crippen LogP contribution is 2.46. The number of nitrogens with zero attached hydrogens (tertiary/aromatic N) is 3. The van der Waals surface area contributed by atoms with Gasteiger partial charge in [0.1, 0.15) is 29.8 Å². The molecule has 1 aliphatic heterocycles. The predicted molar refractivity (Wildman–Crippen MR) is 181 cm³/mol. The molecule has 1 aromatic heterocycles. The van der Waals surface area contributed by atoms with Crippen LogP contribution in [0.4, 0.5) is 10.6 Å². The fourth-order valence-corrected chi connectivity index (χ4v) is 7.69. The highest BCUT2D eigenvalue weighted by atomic mass is 28.3. The van der Waals surface area contributed by atoms with Gasteiger partial charge in [0, 0.05) is 6.20 Å². The van der Waals surface area contributed by atoms with Crippen molar-refractivity contribution in [3.8, 4) is 5.75 Å². The molecule has 1 aliphatic rings. The highest BCUT2D eigenvalue weighted by molar-refractivity contribution is 6.80. The Labute approximate surface area is 273 Å². The summed E-state index contributed by atoms with van der Waals surface area (Å²) in [6, 6.07) is 19.9. The fraction of sp³-hybridized carbons (Fsp3) is 0.444. The molecule has 0 saturated carbocycles. The van der Waals surface area contributed by atoms with E-state index in [4.69, 9.17) is 14.2 Å². The smallest absolute Gasteiger partial charge is 0.416 e. The Morgan fingerprint density at radius 2 is 1.57 bits per heavy atom. The lowest BCUT2D eigenvalue weighted by Gasteiger charge is -2.57. The lowest BCUT2D eigenvalue weighted by atomic mass is 9.85. The maximum absolute atomic E-state index is 13.9. The first-order chi connectivity index (χ1) is 21.5. The van der Waals surface area contributed by atoms with E-state index in [1.807, 2.05) is 86.0 Å². The lowest BCUT2D eigenvalue weighted by molar-refractivity contribution is -0.168. The summed E-state index contributed by atoms with van der Waals surface area (Å²) in [5.41, 5.74) is 1.81. The third kappa shape index (κ3) is 7.96. The number of anilines is 1. The molecule has 0 bridgehead atoms. The number of benzene rings is 2. The van der Waals surface area contributed by atoms with Crippen LogP contribution in [0.5, 0.6) is 5.75 Å². The summed E-state index contributed by atoms with van der Waals surface area (Å²) in [5, 5.41) is -0.162. The van der Waals surface area contributed by atoms with Gasteiger partial charge in [0.15, 0.2) is 8.24 Å². The zero-order chi connectivity index (χ0) is 33.9. The van der Waals surface area contributed by atoms with E-state index in [2.05, 4.69) is 38.8 Å². The number of amides is 2. The molecule has 2 aromatic carbocycles. The second-order valence-corrected chi connectivity index (χ2v) is 19.4. The normalized spacial score (nSPS) is 16.8. The summed E-state index contributed by atoms with van der Waals surface area (Å²) in [5.74, 6) is 0.0563. The minimum atomic E-state index is -2.40. The van der Waals surface area contributed by atoms with Crippen LogP contribution in [0.3, 0.4) is 0 Å². The molecule has 9 nitrogen and oxygen atoms in total. The molecular weight excluding hydrogens is 598 g/mol. The van der Waals surface area contributed by atoms with Crippen LogP contribution in [0.2, 0.25) is 18.1 Å². The van der Waals surface area contributed by atoms with Gasteiger partial charge in [0.2, 0.25) is 5.91 Å². The van der Waals surface area contributed by atoms with Gasteiger partial charge in [0.05, 0.1) is 19.6 Å². The van der Waals surface area contributed by atoms with Crippen molar-refractivity contribution in [2.75, 3.05) is 12.0 Å². The molecule has 0 aliphatic carbocycles. The van der Waals surface area contributed by atoms with E-state index in [9.17, 15) is 14.4 Å². The highest BCUT2D eigenvalue weighted by Gasteiger charge is 2.60. The molecule has 246 valence electrons. The van der Waals surface area contributed by atoms with Crippen LogP contribution in [-0.4, -0.2) is 54.5 Å². The minimum Gasteiger partial charge on any atom is -0.497 e. The Hall–Kier alpha value is -4.18. The Morgan fingerprint density at radius 3 is 2.15 bits per heavy atom. The number of hydrogen-bond acceptors (Lipinski definition) is 7. The average Bonchev–Trinajstić information content (AvgIpc) is 2.99. The zero-order valence-electron chi connectivity index (χ0n) is 28.5. The van der Waals surface area contributed by atoms with E-state index in [0.717, 1.165) is 16.7 Å². The minimum absolute atomic E-state index is 0.0474. The van der Waals surface area contributed by atoms with Gasteiger partial charge >= 0.3 is 12.1 Å². The Morgan fingerprint density at radius 1 is 0.913 bits per heavy atom. The van der Waals surface area contributed by atoms with E-state index in [0.29, 0.717) is 18.0 Å². The summed E-state index contributed by atoms with van der Waals surface area (Å²) in [6.07, 6.45) is 1.38. The molecule has 0 radical (unpaired) electrons. The Bertz CT molecular complexity index is 1530. The van der Waals surface area contributed by atoms with Crippen molar-refractivity contribution in [3.05, 3.63) is 89.6 Å². The van der Waals surface area contributed by atoms with E-state index < -0.39 is 37.9 Å². The van der Waals surface area contributed by atoms with Gasteiger partial charge in [-0.1, -0.05) is 76.3 Å². The van der Waals surface area contributed by atoms with Gasteiger partial charge in [0.25, 0.3) is 0 Å². The van der Waals surface area contributed by atoms with Gasteiger partial charge < -0.3 is 18.8 Å². The Kier molecular flexibility index (Phi) is 10.3. The average molecular weight is 646 g/mol. The number of carbonyl (C=O) groups excluding carboxylic acids is 3. The third-order valence-corrected chi connectivity index (χ3v) is 14.1. The van der Waals surface area contributed by atoms with Crippen molar-refractivity contribution in [3.63, 3.8) is 0 Å². The van der Waals surface area contributed by atoms with Crippen molar-refractivity contribution in [2.24, 2.45) is 5.92 Å². The van der Waals surface area contributed by atoms with Crippen LogP contribution in [0.1, 0.15) is 58.2 Å². The molecule has 0 N–H and O–H groups in total. The number of esters is 1. The van der Waals surface area contributed by atoms with Crippen molar-refractivity contribution >= 4 is 32.0 Å². The zero-order valence-corrected chi connectivity index (χ0v) is 29.5. The number of methoxy groups -OCH3 is 1. The second-order valence-electron chi connectivity index (χ2n) is 14.3. The van der Waals surface area contributed by atoms with Crippen molar-refractivity contribution in [2.45, 2.75) is 90.9 Å². The van der Waals surface area contributed by atoms with E-state index in [1.165, 1.54) is 4.90 Å². The number of pyridine rings is 1. The van der Waals surface area contributed by atoms with Gasteiger partial charge in [-0.15, -0.1) is 0 Å². The molecule has 3 aromatic rings. The lowest BCUT2D eigenvalue weighted by Crippen LogP contribution is -2.75. The summed E-state index contributed by atoms with van der Waals surface area (Å²) >= 11 is 0. The van der Waals surface area contributed by atoms with Crippen LogP contribution in [-0.2, 0) is 38.6 Å². The SMILES string of the molecule is COc1ccc(CN(C(=O)OC(C)(C)C)c2cc(CC3C(=O)N([Si](C)(C)C(C)(C)C)[C@@H]3C(=O)OCc3ccccc3)ccn2)cc1. The standard InChI is InChI=1S/C36H47N3O6Si/c1-35(2,3)45-34(42)38(23-25-15-17-28(43-7)18-16-25)30-22-27(19-20-37-30)21-29-31(33(41)44-24-26-13-11-10-12-14-26)39(32(29)40)46(8,9)36(4,5)6/h10-20,22,29,31H,21,23-24H2,1-9H3/t29?,31-/m0/s1. The van der Waals surface area contributed by atoms with Crippen LogP contribution >= 0.6 is 0 Å². The Balaban J connectivity index is 1.62. The van der Waals surface area contributed by atoms with E-state index in [1.54, 1.807) is 19.4 Å². The molecule has 46 heavy (non-hydrogen) atoms. The largest absolute Gasteiger partial charge is 0.497 e. The van der Waals surface area contributed by atoms with Crippen LogP contribution in [0.15, 0.2) is 72.9 Å². The summed E-state index contributed by atoms with van der Waals surface area (Å²) in [7, 11) is -0.802. The maximum atomic E-state index is 13.9. The van der Waals surface area contributed by atoms with Crippen LogP contribution < -0.4 is 9.64 Å². The second kappa shape index (κ2) is 13.7. The maximum Gasteiger partial charge on any atom is 0.416 e. The molecule has 2 amide bonds. The molecule has 0 spiro atoms. The van der Waals surface area contributed by atoms with Gasteiger partial charge in [-0.3, -0.25) is 9.69 Å². The topological polar surface area (TPSA) is 98.3 Å². The molecular formula is C36H47N3O6Si. The third-order valence-electron chi connectivity index (χ3n) is 8.77. The van der Waals surface area contributed by atoms with Gasteiger partial charge in [-0.05, 0) is 73.2 Å². The van der Waals surface area contributed by atoms with Crippen molar-refractivity contribution < 1.29 is 28.6 Å². The van der Waals surface area contributed by atoms with Crippen molar-refractivity contribution in [1.29, 1.82) is 0 Å². The summed E-state index contributed by atoms with van der Waals surface area (Å²) < 4.78 is 18.7. The first-order valence-corrected chi connectivity index (χ1v) is 18.6. The van der Waals surface area contributed by atoms with E-state index >= 15 is 0 Å².